The van der Waals surface area contributed by atoms with Gasteiger partial charge in [0.15, 0.2) is 0 Å². The van der Waals surface area contributed by atoms with Crippen molar-refractivity contribution in [2.24, 2.45) is 0 Å². The van der Waals surface area contributed by atoms with E-state index in [2.05, 4.69) is 170 Å². The number of benzene rings is 9. The van der Waals surface area contributed by atoms with Gasteiger partial charge in [-0.1, -0.05) is 133 Å². The molecule has 0 fully saturated rings. The minimum atomic E-state index is 0.841. The third kappa shape index (κ3) is 3.90. The highest BCUT2D eigenvalue weighted by atomic mass is 16.3. The summed E-state index contributed by atoms with van der Waals surface area (Å²) >= 11 is 0. The van der Waals surface area contributed by atoms with E-state index < -0.39 is 0 Å². The number of hydrogen-bond donors (Lipinski definition) is 0. The summed E-state index contributed by atoms with van der Waals surface area (Å²) in [4.78, 5) is 0. The summed E-state index contributed by atoms with van der Waals surface area (Å²) in [5.41, 5.74) is 10.7. The number of furan rings is 2. The second-order valence-corrected chi connectivity index (χ2v) is 13.2. The molecule has 2 heteroatoms. The van der Waals surface area contributed by atoms with E-state index in [1.54, 1.807) is 0 Å². The van der Waals surface area contributed by atoms with Gasteiger partial charge < -0.3 is 8.83 Å². The van der Waals surface area contributed by atoms with Gasteiger partial charge in [-0.15, -0.1) is 0 Å². The first-order valence-electron chi connectivity index (χ1n) is 17.1. The molecule has 232 valence electrons. The maximum absolute atomic E-state index is 6.65. The molecule has 0 amide bonds. The van der Waals surface area contributed by atoms with Crippen LogP contribution in [0.1, 0.15) is 0 Å². The lowest BCUT2D eigenvalue weighted by atomic mass is 9.85. The SMILES string of the molecule is c1ccc(-c2c3ccccc3c(-c3cccc(-c4ccc5oc6c(ccc7oc8ccc9ccccc9c8c76)c5c4)c3)c3ccccc23)cc1. The number of hydrogen-bond acceptors (Lipinski definition) is 2. The molecule has 11 rings (SSSR count). The molecule has 0 aliphatic rings. The van der Waals surface area contributed by atoms with Crippen LogP contribution in [0, 0.1) is 0 Å². The second-order valence-electron chi connectivity index (χ2n) is 13.2. The van der Waals surface area contributed by atoms with E-state index in [0.717, 1.165) is 49.4 Å². The molecule has 50 heavy (non-hydrogen) atoms. The molecule has 0 aliphatic heterocycles. The average Bonchev–Trinajstić information content (AvgIpc) is 3.75. The monoisotopic (exact) mass is 636 g/mol. The summed E-state index contributed by atoms with van der Waals surface area (Å²) in [6.07, 6.45) is 0. The van der Waals surface area contributed by atoms with Crippen LogP contribution in [0.15, 0.2) is 179 Å². The Morgan fingerprint density at radius 1 is 0.280 bits per heavy atom. The molecule has 0 aliphatic carbocycles. The predicted octanol–water partition coefficient (Wildman–Crippen LogP) is 13.9. The first-order chi connectivity index (χ1) is 24.8. The van der Waals surface area contributed by atoms with Crippen molar-refractivity contribution in [3.63, 3.8) is 0 Å². The highest BCUT2D eigenvalue weighted by Crippen LogP contribution is 2.45. The van der Waals surface area contributed by atoms with Crippen LogP contribution in [0.2, 0.25) is 0 Å². The fourth-order valence-electron chi connectivity index (χ4n) is 8.25. The quantitative estimate of drug-likeness (QED) is 0.180. The van der Waals surface area contributed by atoms with Crippen LogP contribution in [-0.2, 0) is 0 Å². The van der Waals surface area contributed by atoms with E-state index in [0.29, 0.717) is 0 Å². The van der Waals surface area contributed by atoms with E-state index in [4.69, 9.17) is 8.83 Å². The second kappa shape index (κ2) is 10.4. The number of fused-ring (bicyclic) bond motifs is 11. The van der Waals surface area contributed by atoms with Gasteiger partial charge in [-0.2, -0.15) is 0 Å². The lowest BCUT2D eigenvalue weighted by molar-refractivity contribution is 0.663. The van der Waals surface area contributed by atoms with Gasteiger partial charge in [0.2, 0.25) is 0 Å². The smallest absolute Gasteiger partial charge is 0.147 e. The molecule has 0 saturated carbocycles. The van der Waals surface area contributed by atoms with Crippen molar-refractivity contribution in [1.29, 1.82) is 0 Å². The minimum Gasteiger partial charge on any atom is -0.456 e. The largest absolute Gasteiger partial charge is 0.456 e. The van der Waals surface area contributed by atoms with Crippen molar-refractivity contribution in [3.05, 3.63) is 170 Å². The van der Waals surface area contributed by atoms with E-state index in [1.165, 1.54) is 60.1 Å². The van der Waals surface area contributed by atoms with E-state index >= 15 is 0 Å². The summed E-state index contributed by atoms with van der Waals surface area (Å²) < 4.78 is 13.0. The fraction of sp³-hybridized carbons (Fsp3) is 0. The Morgan fingerprint density at radius 2 is 0.840 bits per heavy atom. The van der Waals surface area contributed by atoms with Crippen molar-refractivity contribution in [3.8, 4) is 33.4 Å². The third-order valence-electron chi connectivity index (χ3n) is 10.4. The number of rotatable bonds is 3. The average molecular weight is 637 g/mol. The first-order valence-corrected chi connectivity index (χ1v) is 17.1. The molecule has 0 bridgehead atoms. The van der Waals surface area contributed by atoms with Crippen molar-refractivity contribution < 1.29 is 8.83 Å². The molecule has 0 unspecified atom stereocenters. The van der Waals surface area contributed by atoms with Crippen molar-refractivity contribution in [2.75, 3.05) is 0 Å². The Labute approximate surface area is 287 Å². The molecule has 2 nitrogen and oxygen atoms in total. The van der Waals surface area contributed by atoms with Gasteiger partial charge >= 0.3 is 0 Å². The van der Waals surface area contributed by atoms with Crippen LogP contribution < -0.4 is 0 Å². The van der Waals surface area contributed by atoms with Gasteiger partial charge in [-0.3, -0.25) is 0 Å². The van der Waals surface area contributed by atoms with Gasteiger partial charge in [0, 0.05) is 16.2 Å². The van der Waals surface area contributed by atoms with E-state index in [-0.39, 0.29) is 0 Å². The van der Waals surface area contributed by atoms with Crippen molar-refractivity contribution in [1.82, 2.24) is 0 Å². The standard InChI is InChI=1S/C48H28O2/c1-2-12-30(13-3-1)44-35-17-6-8-19-37(35)45(38-20-9-7-18-36(38)44)33-15-10-14-31(27-33)32-22-24-41-40(28-32)39-23-26-43-47(48(39)50-41)46-34-16-5-4-11-29(34)21-25-42(46)49-43/h1-28H. The molecular formula is C48H28O2. The molecule has 0 saturated heterocycles. The minimum absolute atomic E-state index is 0.841. The summed E-state index contributed by atoms with van der Waals surface area (Å²) in [5.74, 6) is 0. The van der Waals surface area contributed by atoms with Gasteiger partial charge in [0.1, 0.15) is 22.3 Å². The highest BCUT2D eigenvalue weighted by molar-refractivity contribution is 6.28. The van der Waals surface area contributed by atoms with Crippen LogP contribution in [0.3, 0.4) is 0 Å². The van der Waals surface area contributed by atoms with E-state index in [1.807, 2.05) is 0 Å². The summed E-state index contributed by atoms with van der Waals surface area (Å²) in [6, 6.07) is 60.9. The van der Waals surface area contributed by atoms with Gasteiger partial charge in [-0.05, 0) is 102 Å². The van der Waals surface area contributed by atoms with Crippen LogP contribution >= 0.6 is 0 Å². The molecule has 0 N–H and O–H groups in total. The van der Waals surface area contributed by atoms with Gasteiger partial charge in [0.25, 0.3) is 0 Å². The zero-order chi connectivity index (χ0) is 32.8. The maximum atomic E-state index is 6.65. The summed E-state index contributed by atoms with van der Waals surface area (Å²) in [7, 11) is 0. The topological polar surface area (TPSA) is 26.3 Å². The molecule has 0 radical (unpaired) electrons. The predicted molar refractivity (Wildman–Crippen MR) is 210 cm³/mol. The normalized spacial score (nSPS) is 12.0. The first kappa shape index (κ1) is 27.3. The van der Waals surface area contributed by atoms with Crippen LogP contribution in [0.25, 0.3) is 110 Å². The highest BCUT2D eigenvalue weighted by Gasteiger charge is 2.20. The lowest BCUT2D eigenvalue weighted by Gasteiger charge is -2.18. The molecule has 11 aromatic rings. The Kier molecular flexibility index (Phi) is 5.70. The Bertz CT molecular complexity index is 3080. The van der Waals surface area contributed by atoms with Crippen LogP contribution in [-0.4, -0.2) is 0 Å². The lowest BCUT2D eigenvalue weighted by Crippen LogP contribution is -1.91. The van der Waals surface area contributed by atoms with Crippen LogP contribution in [0.5, 0.6) is 0 Å². The molecule has 0 atom stereocenters. The van der Waals surface area contributed by atoms with Crippen molar-refractivity contribution >= 4 is 76.2 Å². The van der Waals surface area contributed by atoms with Crippen molar-refractivity contribution in [2.45, 2.75) is 0 Å². The summed E-state index contributed by atoms with van der Waals surface area (Å²) in [5, 5.41) is 11.7. The maximum Gasteiger partial charge on any atom is 0.147 e. The Balaban J connectivity index is 1.12. The molecule has 2 aromatic heterocycles. The molecule has 2 heterocycles. The summed E-state index contributed by atoms with van der Waals surface area (Å²) in [6.45, 7) is 0. The van der Waals surface area contributed by atoms with E-state index in [9.17, 15) is 0 Å². The van der Waals surface area contributed by atoms with Gasteiger partial charge in [-0.25, -0.2) is 0 Å². The zero-order valence-electron chi connectivity index (χ0n) is 27.0. The third-order valence-corrected chi connectivity index (χ3v) is 10.4. The zero-order valence-corrected chi connectivity index (χ0v) is 27.0. The van der Waals surface area contributed by atoms with Crippen LogP contribution in [0.4, 0.5) is 0 Å². The van der Waals surface area contributed by atoms with Gasteiger partial charge in [0.05, 0.1) is 5.39 Å². The molecule has 9 aromatic carbocycles. The fourth-order valence-corrected chi connectivity index (χ4v) is 8.25. The molecule has 0 spiro atoms. The Morgan fingerprint density at radius 3 is 1.60 bits per heavy atom. The molecular weight excluding hydrogens is 609 g/mol. The Hall–Kier alpha value is -6.64.